The van der Waals surface area contributed by atoms with E-state index in [1.165, 1.54) is 161 Å². The van der Waals surface area contributed by atoms with Gasteiger partial charge >= 0.3 is 17.9 Å². The molecule has 0 N–H and O–H groups in total. The van der Waals surface area contributed by atoms with Crippen molar-refractivity contribution in [2.24, 2.45) is 11.8 Å². The second-order valence-corrected chi connectivity index (χ2v) is 18.1. The highest BCUT2D eigenvalue weighted by Gasteiger charge is 2.19. The molecule has 6 heteroatoms. The summed E-state index contributed by atoms with van der Waals surface area (Å²) in [6.45, 7) is 11.3. The average Bonchev–Trinajstić information content (AvgIpc) is 3.16. The van der Waals surface area contributed by atoms with Gasteiger partial charge in [-0.2, -0.15) is 0 Å². The molecule has 0 saturated heterocycles. The summed E-state index contributed by atoms with van der Waals surface area (Å²) in [5, 5.41) is 0. The van der Waals surface area contributed by atoms with Crippen LogP contribution in [0.2, 0.25) is 0 Å². The normalized spacial score (nSPS) is 12.1. The Bertz CT molecular complexity index is 854. The van der Waals surface area contributed by atoms with Gasteiger partial charge in [-0.05, 0) is 31.1 Å². The highest BCUT2D eigenvalue weighted by atomic mass is 16.6. The van der Waals surface area contributed by atoms with E-state index >= 15 is 0 Å². The summed E-state index contributed by atoms with van der Waals surface area (Å²) >= 11 is 0. The predicted molar refractivity (Wildman–Crippen MR) is 238 cm³/mol. The van der Waals surface area contributed by atoms with Crippen LogP contribution in [0.5, 0.6) is 0 Å². The Kier molecular flexibility index (Phi) is 41.8. The van der Waals surface area contributed by atoms with Crippen molar-refractivity contribution in [1.82, 2.24) is 0 Å². The van der Waals surface area contributed by atoms with Crippen LogP contribution in [-0.2, 0) is 28.6 Å². The standard InChI is InChI=1S/C50H96O6/c1-6-7-8-9-10-18-25-30-35-40-48(51)54-43-47(56-50(53)42-37-32-27-22-21-24-29-34-39-46(4)5)44-55-49(52)41-36-31-26-20-17-15-13-11-12-14-16-19-23-28-33-38-45(2)3/h45-47H,6-44H2,1-5H3/t47-/m0/s1. The van der Waals surface area contributed by atoms with Gasteiger partial charge in [0.1, 0.15) is 13.2 Å². The number of ether oxygens (including phenoxy) is 3. The minimum Gasteiger partial charge on any atom is -0.462 e. The molecule has 0 amide bonds. The minimum atomic E-state index is -0.760. The molecule has 0 bridgehead atoms. The van der Waals surface area contributed by atoms with E-state index in [0.29, 0.717) is 19.3 Å². The molecule has 0 heterocycles. The number of carbonyl (C=O) groups excluding carboxylic acids is 3. The van der Waals surface area contributed by atoms with Crippen molar-refractivity contribution < 1.29 is 28.6 Å². The van der Waals surface area contributed by atoms with Crippen LogP contribution in [0.15, 0.2) is 0 Å². The maximum absolute atomic E-state index is 12.7. The zero-order valence-electron chi connectivity index (χ0n) is 38.3. The number of carbonyl (C=O) groups is 3. The summed E-state index contributed by atoms with van der Waals surface area (Å²) in [5.74, 6) is 0.787. The van der Waals surface area contributed by atoms with Gasteiger partial charge in [0.2, 0.25) is 0 Å². The molecule has 0 rings (SSSR count). The van der Waals surface area contributed by atoms with E-state index in [1.54, 1.807) is 0 Å². The second-order valence-electron chi connectivity index (χ2n) is 18.1. The van der Waals surface area contributed by atoms with E-state index in [1.807, 2.05) is 0 Å². The third-order valence-corrected chi connectivity index (χ3v) is 11.2. The number of esters is 3. The minimum absolute atomic E-state index is 0.0645. The van der Waals surface area contributed by atoms with Gasteiger partial charge in [0, 0.05) is 19.3 Å². The molecular formula is C50H96O6. The van der Waals surface area contributed by atoms with Crippen molar-refractivity contribution in [3.8, 4) is 0 Å². The summed E-state index contributed by atoms with van der Waals surface area (Å²) in [6.07, 6.45) is 42.4. The Labute approximate surface area is 348 Å². The maximum atomic E-state index is 12.7. The topological polar surface area (TPSA) is 78.9 Å². The van der Waals surface area contributed by atoms with Gasteiger partial charge in [-0.25, -0.2) is 0 Å². The first-order valence-electron chi connectivity index (χ1n) is 24.7. The third-order valence-electron chi connectivity index (χ3n) is 11.2. The summed E-state index contributed by atoms with van der Waals surface area (Å²) in [4.78, 5) is 37.8. The van der Waals surface area contributed by atoms with Crippen LogP contribution in [0.1, 0.15) is 272 Å². The van der Waals surface area contributed by atoms with Crippen LogP contribution in [0.25, 0.3) is 0 Å². The molecule has 332 valence electrons. The number of unbranched alkanes of at least 4 members (excludes halogenated alkanes) is 29. The van der Waals surface area contributed by atoms with E-state index in [0.717, 1.165) is 69.6 Å². The van der Waals surface area contributed by atoms with Crippen molar-refractivity contribution in [1.29, 1.82) is 0 Å². The molecular weight excluding hydrogens is 697 g/mol. The summed E-state index contributed by atoms with van der Waals surface area (Å²) in [5.41, 5.74) is 0. The van der Waals surface area contributed by atoms with Gasteiger partial charge < -0.3 is 14.2 Å². The van der Waals surface area contributed by atoms with Gasteiger partial charge in [0.05, 0.1) is 0 Å². The molecule has 1 atom stereocenters. The zero-order valence-corrected chi connectivity index (χ0v) is 38.3. The number of rotatable bonds is 44. The van der Waals surface area contributed by atoms with Crippen molar-refractivity contribution in [3.63, 3.8) is 0 Å². The first-order chi connectivity index (χ1) is 27.2. The molecule has 0 aliphatic carbocycles. The molecule has 0 aromatic heterocycles. The van der Waals surface area contributed by atoms with E-state index in [2.05, 4.69) is 34.6 Å². The van der Waals surface area contributed by atoms with Crippen LogP contribution in [0, 0.1) is 11.8 Å². The molecule has 0 aromatic carbocycles. The Balaban J connectivity index is 4.23. The zero-order chi connectivity index (χ0) is 41.2. The van der Waals surface area contributed by atoms with Crippen LogP contribution in [0.3, 0.4) is 0 Å². The molecule has 0 aliphatic heterocycles. The van der Waals surface area contributed by atoms with Crippen molar-refractivity contribution in [2.75, 3.05) is 13.2 Å². The van der Waals surface area contributed by atoms with Crippen molar-refractivity contribution in [2.45, 2.75) is 278 Å². The number of hydrogen-bond acceptors (Lipinski definition) is 6. The van der Waals surface area contributed by atoms with Gasteiger partial charge in [0.15, 0.2) is 6.10 Å². The smallest absolute Gasteiger partial charge is 0.306 e. The predicted octanol–water partition coefficient (Wildman–Crippen LogP) is 15.8. The van der Waals surface area contributed by atoms with E-state index < -0.39 is 6.10 Å². The lowest BCUT2D eigenvalue weighted by Gasteiger charge is -2.18. The first-order valence-corrected chi connectivity index (χ1v) is 24.7. The molecule has 0 aliphatic rings. The van der Waals surface area contributed by atoms with Crippen molar-refractivity contribution >= 4 is 17.9 Å². The fraction of sp³-hybridized carbons (Fsp3) is 0.940. The molecule has 6 nitrogen and oxygen atoms in total. The van der Waals surface area contributed by atoms with E-state index in [-0.39, 0.29) is 31.1 Å². The van der Waals surface area contributed by atoms with Crippen molar-refractivity contribution in [3.05, 3.63) is 0 Å². The molecule has 0 fully saturated rings. The molecule has 0 aromatic rings. The molecule has 0 unspecified atom stereocenters. The fourth-order valence-electron chi connectivity index (χ4n) is 7.46. The monoisotopic (exact) mass is 793 g/mol. The van der Waals surface area contributed by atoms with E-state index in [9.17, 15) is 14.4 Å². The summed E-state index contributed by atoms with van der Waals surface area (Å²) < 4.78 is 16.7. The lowest BCUT2D eigenvalue weighted by molar-refractivity contribution is -0.167. The highest BCUT2D eigenvalue weighted by molar-refractivity contribution is 5.71. The van der Waals surface area contributed by atoms with Crippen LogP contribution in [-0.4, -0.2) is 37.2 Å². The quantitative estimate of drug-likeness (QED) is 0.0347. The molecule has 0 spiro atoms. The Hall–Kier alpha value is -1.59. The maximum Gasteiger partial charge on any atom is 0.306 e. The first kappa shape index (κ1) is 54.4. The SMILES string of the molecule is CCCCCCCCCCCC(=O)OC[C@@H](COC(=O)CCCCCCCCCCCCCCCCCC(C)C)OC(=O)CCCCCCCCCCC(C)C. The van der Waals surface area contributed by atoms with Crippen LogP contribution >= 0.6 is 0 Å². The Morgan fingerprint density at radius 1 is 0.339 bits per heavy atom. The molecule has 56 heavy (non-hydrogen) atoms. The average molecular weight is 793 g/mol. The molecule has 0 radical (unpaired) electrons. The summed E-state index contributed by atoms with van der Waals surface area (Å²) in [6, 6.07) is 0. The Morgan fingerprint density at radius 3 is 0.875 bits per heavy atom. The van der Waals surface area contributed by atoms with Gasteiger partial charge in [-0.1, -0.05) is 234 Å². The van der Waals surface area contributed by atoms with Gasteiger partial charge in [0.25, 0.3) is 0 Å². The van der Waals surface area contributed by atoms with Crippen LogP contribution < -0.4 is 0 Å². The Morgan fingerprint density at radius 2 is 0.589 bits per heavy atom. The highest BCUT2D eigenvalue weighted by Crippen LogP contribution is 2.17. The number of hydrogen-bond donors (Lipinski definition) is 0. The fourth-order valence-corrected chi connectivity index (χ4v) is 7.46. The van der Waals surface area contributed by atoms with Gasteiger partial charge in [-0.3, -0.25) is 14.4 Å². The van der Waals surface area contributed by atoms with Crippen LogP contribution in [0.4, 0.5) is 0 Å². The van der Waals surface area contributed by atoms with E-state index in [4.69, 9.17) is 14.2 Å². The lowest BCUT2D eigenvalue weighted by Crippen LogP contribution is -2.30. The largest absolute Gasteiger partial charge is 0.462 e. The lowest BCUT2D eigenvalue weighted by atomic mass is 10.0. The molecule has 0 saturated carbocycles. The second kappa shape index (κ2) is 43.0. The van der Waals surface area contributed by atoms with Gasteiger partial charge in [-0.15, -0.1) is 0 Å². The summed E-state index contributed by atoms with van der Waals surface area (Å²) in [7, 11) is 0. The third kappa shape index (κ3) is 43.5.